The molecule has 1 aromatic carbocycles. The van der Waals surface area contributed by atoms with Gasteiger partial charge in [0.05, 0.1) is 6.04 Å². The standard InChI is InChI=1S/C22H37N3O3/c23-17-20(24)22(27)25-16-12-7-5-3-1-2-4-6-11-15-21(26)28-18-19-13-9-8-10-14-19/h8-10,13-14,20H,1-7,11-12,15-18,23-24H2,(H,25,27)/t20-/m0/s1. The Balaban J connectivity index is 1.82. The van der Waals surface area contributed by atoms with Crippen LogP contribution < -0.4 is 16.8 Å². The summed E-state index contributed by atoms with van der Waals surface area (Å²) in [4.78, 5) is 23.1. The van der Waals surface area contributed by atoms with Gasteiger partial charge in [-0.3, -0.25) is 9.59 Å². The molecule has 0 bridgehead atoms. The molecule has 0 heterocycles. The molecule has 0 aliphatic carbocycles. The van der Waals surface area contributed by atoms with E-state index in [0.717, 1.165) is 31.2 Å². The lowest BCUT2D eigenvalue weighted by molar-refractivity contribution is -0.145. The van der Waals surface area contributed by atoms with Crippen molar-refractivity contribution < 1.29 is 14.3 Å². The molecule has 0 fully saturated rings. The quantitative estimate of drug-likeness (QED) is 0.296. The van der Waals surface area contributed by atoms with Crippen LogP contribution in [0.15, 0.2) is 30.3 Å². The van der Waals surface area contributed by atoms with Gasteiger partial charge in [-0.15, -0.1) is 0 Å². The highest BCUT2D eigenvalue weighted by atomic mass is 16.5. The lowest BCUT2D eigenvalue weighted by Crippen LogP contribution is -2.45. The number of rotatable bonds is 16. The van der Waals surface area contributed by atoms with Gasteiger partial charge in [-0.2, -0.15) is 0 Å². The van der Waals surface area contributed by atoms with Gasteiger partial charge in [0.25, 0.3) is 0 Å². The van der Waals surface area contributed by atoms with E-state index in [0.29, 0.717) is 19.6 Å². The fourth-order valence-corrected chi connectivity index (χ4v) is 2.89. The SMILES string of the molecule is NC[C@H](N)C(=O)NCCCCCCCCCCCC(=O)OCc1ccccc1. The predicted octanol–water partition coefficient (Wildman–Crippen LogP) is 3.03. The maximum absolute atomic E-state index is 11.7. The molecule has 28 heavy (non-hydrogen) atoms. The molecule has 0 aromatic heterocycles. The number of carbonyl (C=O) groups excluding carboxylic acids is 2. The van der Waals surface area contributed by atoms with E-state index >= 15 is 0 Å². The first kappa shape index (κ1) is 24.1. The van der Waals surface area contributed by atoms with Gasteiger partial charge in [-0.05, 0) is 18.4 Å². The Labute approximate surface area is 169 Å². The maximum atomic E-state index is 11.7. The zero-order chi connectivity index (χ0) is 20.5. The van der Waals surface area contributed by atoms with Crippen molar-refractivity contribution in [1.29, 1.82) is 0 Å². The first-order valence-corrected chi connectivity index (χ1v) is 10.6. The smallest absolute Gasteiger partial charge is 0.306 e. The molecular formula is C22H37N3O3. The fourth-order valence-electron chi connectivity index (χ4n) is 2.89. The number of nitrogens with one attached hydrogen (secondary N) is 1. The van der Waals surface area contributed by atoms with Crippen LogP contribution in [0.5, 0.6) is 0 Å². The van der Waals surface area contributed by atoms with Crippen molar-refractivity contribution in [1.82, 2.24) is 5.32 Å². The van der Waals surface area contributed by atoms with Gasteiger partial charge < -0.3 is 21.5 Å². The molecule has 1 atom stereocenters. The third-order valence-electron chi connectivity index (χ3n) is 4.69. The van der Waals surface area contributed by atoms with Gasteiger partial charge >= 0.3 is 5.97 Å². The van der Waals surface area contributed by atoms with Crippen LogP contribution in [0.1, 0.15) is 69.8 Å². The van der Waals surface area contributed by atoms with Crippen molar-refractivity contribution >= 4 is 11.9 Å². The van der Waals surface area contributed by atoms with Crippen molar-refractivity contribution in [3.8, 4) is 0 Å². The molecule has 6 heteroatoms. The van der Waals surface area contributed by atoms with Gasteiger partial charge in [0.2, 0.25) is 5.91 Å². The van der Waals surface area contributed by atoms with Crippen LogP contribution in [0, 0.1) is 0 Å². The molecule has 158 valence electrons. The number of ether oxygens (including phenoxy) is 1. The Morgan fingerprint density at radius 3 is 2.07 bits per heavy atom. The summed E-state index contributed by atoms with van der Waals surface area (Å²) in [5.74, 6) is -0.269. The van der Waals surface area contributed by atoms with E-state index in [1.165, 1.54) is 32.1 Å². The first-order valence-electron chi connectivity index (χ1n) is 10.6. The van der Waals surface area contributed by atoms with Crippen LogP contribution in [0.2, 0.25) is 0 Å². The summed E-state index contributed by atoms with van der Waals surface area (Å²) >= 11 is 0. The highest BCUT2D eigenvalue weighted by Gasteiger charge is 2.09. The second-order valence-electron chi connectivity index (χ2n) is 7.21. The number of amides is 1. The highest BCUT2D eigenvalue weighted by Crippen LogP contribution is 2.11. The van der Waals surface area contributed by atoms with E-state index in [1.807, 2.05) is 30.3 Å². The Morgan fingerprint density at radius 1 is 0.893 bits per heavy atom. The van der Waals surface area contributed by atoms with E-state index < -0.39 is 6.04 Å². The molecule has 1 rings (SSSR count). The zero-order valence-corrected chi connectivity index (χ0v) is 17.0. The molecule has 0 spiro atoms. The summed E-state index contributed by atoms with van der Waals surface area (Å²) in [6, 6.07) is 9.17. The number of carbonyl (C=O) groups is 2. The molecule has 0 aliphatic rings. The minimum atomic E-state index is -0.592. The van der Waals surface area contributed by atoms with Crippen LogP contribution in [0.25, 0.3) is 0 Å². The van der Waals surface area contributed by atoms with Gasteiger partial charge in [0.15, 0.2) is 0 Å². The molecule has 1 amide bonds. The second kappa shape index (κ2) is 16.1. The lowest BCUT2D eigenvalue weighted by atomic mass is 10.1. The largest absolute Gasteiger partial charge is 0.461 e. The Morgan fingerprint density at radius 2 is 1.46 bits per heavy atom. The number of unbranched alkanes of at least 4 members (excludes halogenated alkanes) is 8. The Kier molecular flexibility index (Phi) is 13.8. The average molecular weight is 392 g/mol. The molecular weight excluding hydrogens is 354 g/mol. The lowest BCUT2D eigenvalue weighted by Gasteiger charge is -2.09. The molecule has 0 saturated carbocycles. The molecule has 0 aliphatic heterocycles. The number of benzene rings is 1. The van der Waals surface area contributed by atoms with E-state index in [4.69, 9.17) is 16.2 Å². The molecule has 0 saturated heterocycles. The summed E-state index contributed by atoms with van der Waals surface area (Å²) in [6.07, 6.45) is 10.6. The minimum absolute atomic E-state index is 0.108. The Bertz CT molecular complexity index is 537. The summed E-state index contributed by atoms with van der Waals surface area (Å²) in [7, 11) is 0. The summed E-state index contributed by atoms with van der Waals surface area (Å²) in [5.41, 5.74) is 11.9. The van der Waals surface area contributed by atoms with Crippen molar-refractivity contribution in [2.75, 3.05) is 13.1 Å². The van der Waals surface area contributed by atoms with Gasteiger partial charge in [-0.1, -0.05) is 75.3 Å². The van der Waals surface area contributed by atoms with Crippen LogP contribution in [0.4, 0.5) is 0 Å². The Hall–Kier alpha value is -1.92. The van der Waals surface area contributed by atoms with Crippen LogP contribution in [-0.4, -0.2) is 31.0 Å². The summed E-state index contributed by atoms with van der Waals surface area (Å²) in [6.45, 7) is 1.22. The number of hydrogen-bond donors (Lipinski definition) is 3. The topological polar surface area (TPSA) is 107 Å². The van der Waals surface area contributed by atoms with Gasteiger partial charge in [-0.25, -0.2) is 0 Å². The van der Waals surface area contributed by atoms with Crippen molar-refractivity contribution in [3.63, 3.8) is 0 Å². The third-order valence-corrected chi connectivity index (χ3v) is 4.69. The number of hydrogen-bond acceptors (Lipinski definition) is 5. The van der Waals surface area contributed by atoms with Crippen LogP contribution in [0.3, 0.4) is 0 Å². The minimum Gasteiger partial charge on any atom is -0.461 e. The van der Waals surface area contributed by atoms with Gasteiger partial charge in [0.1, 0.15) is 6.61 Å². The van der Waals surface area contributed by atoms with Crippen LogP contribution in [-0.2, 0) is 20.9 Å². The van der Waals surface area contributed by atoms with E-state index in [2.05, 4.69) is 5.32 Å². The van der Waals surface area contributed by atoms with Gasteiger partial charge in [0, 0.05) is 19.5 Å². The second-order valence-corrected chi connectivity index (χ2v) is 7.21. The molecule has 0 unspecified atom stereocenters. The molecule has 6 nitrogen and oxygen atoms in total. The fraction of sp³-hybridized carbons (Fsp3) is 0.636. The monoisotopic (exact) mass is 391 g/mol. The van der Waals surface area contributed by atoms with Crippen molar-refractivity contribution in [3.05, 3.63) is 35.9 Å². The van der Waals surface area contributed by atoms with Crippen LogP contribution >= 0.6 is 0 Å². The van der Waals surface area contributed by atoms with Crippen molar-refractivity contribution in [2.45, 2.75) is 76.9 Å². The van der Waals surface area contributed by atoms with Crippen molar-refractivity contribution in [2.24, 2.45) is 11.5 Å². The first-order chi connectivity index (χ1) is 13.6. The predicted molar refractivity (Wildman–Crippen MR) is 112 cm³/mol. The molecule has 0 radical (unpaired) electrons. The summed E-state index contributed by atoms with van der Waals surface area (Å²) < 4.78 is 5.28. The average Bonchev–Trinajstić information content (AvgIpc) is 2.72. The molecule has 1 aromatic rings. The maximum Gasteiger partial charge on any atom is 0.306 e. The summed E-state index contributed by atoms with van der Waals surface area (Å²) in [5, 5.41) is 2.80. The number of nitrogens with two attached hydrogens (primary N) is 2. The zero-order valence-electron chi connectivity index (χ0n) is 17.0. The number of esters is 1. The molecule has 5 N–H and O–H groups in total. The highest BCUT2D eigenvalue weighted by molar-refractivity contribution is 5.81. The third kappa shape index (κ3) is 12.5. The van der Waals surface area contributed by atoms with E-state index in [9.17, 15) is 9.59 Å². The normalized spacial score (nSPS) is 11.8. The van der Waals surface area contributed by atoms with E-state index in [1.54, 1.807) is 0 Å². The van der Waals surface area contributed by atoms with E-state index in [-0.39, 0.29) is 18.4 Å².